The van der Waals surface area contributed by atoms with E-state index in [4.69, 9.17) is 16.3 Å². The normalized spacial score (nSPS) is 10.9. The van der Waals surface area contributed by atoms with E-state index in [1.807, 2.05) is 66.9 Å². The van der Waals surface area contributed by atoms with Crippen molar-refractivity contribution in [3.8, 4) is 11.1 Å². The van der Waals surface area contributed by atoms with Gasteiger partial charge in [-0.25, -0.2) is 4.79 Å². The Kier molecular flexibility index (Phi) is 6.70. The molecule has 0 bridgehead atoms. The molecule has 2 aromatic heterocycles. The molecule has 0 saturated carbocycles. The summed E-state index contributed by atoms with van der Waals surface area (Å²) in [7, 11) is 0. The van der Waals surface area contributed by atoms with E-state index in [1.165, 1.54) is 0 Å². The van der Waals surface area contributed by atoms with Crippen molar-refractivity contribution in [3.05, 3.63) is 136 Å². The first-order valence-electron chi connectivity index (χ1n) is 11.8. The van der Waals surface area contributed by atoms with E-state index in [-0.39, 0.29) is 12.4 Å². The number of aromatic nitrogens is 1. The number of hydrogen-bond acceptors (Lipinski definition) is 3. The number of carbonyl (C=O) groups excluding carboxylic acids is 2. The number of benzene rings is 3. The van der Waals surface area contributed by atoms with E-state index >= 15 is 0 Å². The molecule has 0 aliphatic heterocycles. The molecular formula is C31H24ClNO3. The smallest absolute Gasteiger partial charge is 0.340 e. The van der Waals surface area contributed by atoms with Crippen LogP contribution in [-0.2, 0) is 11.2 Å². The van der Waals surface area contributed by atoms with Gasteiger partial charge >= 0.3 is 5.97 Å². The fourth-order valence-corrected chi connectivity index (χ4v) is 4.62. The molecule has 5 aromatic rings. The van der Waals surface area contributed by atoms with Gasteiger partial charge in [0.15, 0.2) is 0 Å². The molecule has 0 radical (unpaired) electrons. The fourth-order valence-electron chi connectivity index (χ4n) is 4.50. The molecule has 0 unspecified atom stereocenters. The SMILES string of the molecule is CCOC(=O)c1c(-c2ccccc2)c(C(=O)c2ccc(Cl)cc2)n2ccc(Cc3ccccc3)cc12. The summed E-state index contributed by atoms with van der Waals surface area (Å²) in [5, 5.41) is 0.549. The van der Waals surface area contributed by atoms with E-state index in [0.717, 1.165) is 16.7 Å². The number of nitrogens with zero attached hydrogens (tertiary/aromatic N) is 1. The average Bonchev–Trinajstić information content (AvgIpc) is 3.24. The second-order valence-electron chi connectivity index (χ2n) is 8.47. The quantitative estimate of drug-likeness (QED) is 0.177. The summed E-state index contributed by atoms with van der Waals surface area (Å²) >= 11 is 6.07. The first-order valence-corrected chi connectivity index (χ1v) is 12.2. The first kappa shape index (κ1) is 23.6. The minimum atomic E-state index is -0.458. The van der Waals surface area contributed by atoms with Crippen LogP contribution in [0.5, 0.6) is 0 Å². The highest BCUT2D eigenvalue weighted by atomic mass is 35.5. The average molecular weight is 494 g/mol. The standard InChI is InChI=1S/C31H24ClNO3/c1-2-36-31(35)28-26-20-22(19-21-9-5-3-6-10-21)17-18-33(26)29(27(28)23-11-7-4-8-12-23)30(34)24-13-15-25(32)16-14-24/h3-18,20H,2,19H2,1H3. The molecule has 0 amide bonds. The monoisotopic (exact) mass is 493 g/mol. The molecule has 0 saturated heterocycles. The molecule has 0 spiro atoms. The Hall–Kier alpha value is -4.15. The largest absolute Gasteiger partial charge is 0.462 e. The Morgan fingerprint density at radius 3 is 2.17 bits per heavy atom. The molecule has 2 heterocycles. The van der Waals surface area contributed by atoms with Gasteiger partial charge in [-0.15, -0.1) is 0 Å². The zero-order valence-corrected chi connectivity index (χ0v) is 20.5. The van der Waals surface area contributed by atoms with Gasteiger partial charge in [-0.3, -0.25) is 4.79 Å². The molecule has 0 N–H and O–H groups in total. The number of carbonyl (C=O) groups is 2. The molecule has 5 rings (SSSR count). The van der Waals surface area contributed by atoms with Gasteiger partial charge in [0, 0.05) is 22.3 Å². The minimum absolute atomic E-state index is 0.202. The lowest BCUT2D eigenvalue weighted by Gasteiger charge is -2.08. The molecule has 0 aliphatic carbocycles. The Labute approximate surface area is 214 Å². The first-order chi connectivity index (χ1) is 17.6. The molecule has 0 aliphatic rings. The van der Waals surface area contributed by atoms with Crippen LogP contribution in [0.1, 0.15) is 44.5 Å². The molecule has 3 aromatic carbocycles. The molecule has 0 fully saturated rings. The highest BCUT2D eigenvalue weighted by Gasteiger charge is 2.29. The predicted molar refractivity (Wildman–Crippen MR) is 143 cm³/mol. The van der Waals surface area contributed by atoms with Crippen LogP contribution < -0.4 is 0 Å². The lowest BCUT2D eigenvalue weighted by molar-refractivity contribution is 0.0529. The number of fused-ring (bicyclic) bond motifs is 1. The Balaban J connectivity index is 1.78. The van der Waals surface area contributed by atoms with E-state index in [9.17, 15) is 9.59 Å². The Bertz CT molecular complexity index is 1540. The Morgan fingerprint density at radius 2 is 1.50 bits per heavy atom. The number of hydrogen-bond donors (Lipinski definition) is 0. The topological polar surface area (TPSA) is 47.8 Å². The van der Waals surface area contributed by atoms with Crippen LogP contribution in [-0.4, -0.2) is 22.8 Å². The van der Waals surface area contributed by atoms with Crippen LogP contribution in [0.4, 0.5) is 0 Å². The molecule has 36 heavy (non-hydrogen) atoms. The molecule has 0 atom stereocenters. The second-order valence-corrected chi connectivity index (χ2v) is 8.91. The summed E-state index contributed by atoms with van der Waals surface area (Å²) in [6.45, 7) is 2.01. The summed E-state index contributed by atoms with van der Waals surface area (Å²) in [5.41, 5.74) is 5.44. The van der Waals surface area contributed by atoms with Crippen molar-refractivity contribution in [2.75, 3.05) is 6.61 Å². The Morgan fingerprint density at radius 1 is 0.833 bits per heavy atom. The van der Waals surface area contributed by atoms with Gasteiger partial charge in [0.1, 0.15) is 5.69 Å². The lowest BCUT2D eigenvalue weighted by Crippen LogP contribution is -2.08. The van der Waals surface area contributed by atoms with Crippen LogP contribution in [0.25, 0.3) is 16.6 Å². The van der Waals surface area contributed by atoms with Gasteiger partial charge in [0.05, 0.1) is 17.7 Å². The predicted octanol–water partition coefficient (Wildman–Crippen LogP) is 7.26. The molecular weight excluding hydrogens is 470 g/mol. The van der Waals surface area contributed by atoms with Gasteiger partial charge < -0.3 is 9.14 Å². The van der Waals surface area contributed by atoms with Crippen molar-refractivity contribution in [1.82, 2.24) is 4.40 Å². The van der Waals surface area contributed by atoms with Crippen molar-refractivity contribution >= 4 is 28.9 Å². The van der Waals surface area contributed by atoms with Crippen molar-refractivity contribution < 1.29 is 14.3 Å². The zero-order chi connectivity index (χ0) is 25.1. The van der Waals surface area contributed by atoms with Crippen LogP contribution in [0, 0.1) is 0 Å². The molecule has 4 nitrogen and oxygen atoms in total. The maximum absolute atomic E-state index is 13.9. The van der Waals surface area contributed by atoms with Crippen LogP contribution in [0.3, 0.4) is 0 Å². The summed E-state index contributed by atoms with van der Waals surface area (Å²) in [6, 6.07) is 30.4. The number of rotatable bonds is 7. The van der Waals surface area contributed by atoms with E-state index in [1.54, 1.807) is 35.6 Å². The maximum atomic E-state index is 13.9. The number of esters is 1. The summed E-state index contributed by atoms with van der Waals surface area (Å²) in [6.07, 6.45) is 2.57. The lowest BCUT2D eigenvalue weighted by atomic mass is 9.96. The van der Waals surface area contributed by atoms with Gasteiger partial charge in [0.25, 0.3) is 0 Å². The maximum Gasteiger partial charge on any atom is 0.340 e. The third kappa shape index (κ3) is 4.56. The van der Waals surface area contributed by atoms with E-state index in [2.05, 4.69) is 12.1 Å². The van der Waals surface area contributed by atoms with Gasteiger partial charge in [-0.05, 0) is 66.4 Å². The van der Waals surface area contributed by atoms with Crippen molar-refractivity contribution in [1.29, 1.82) is 0 Å². The number of ether oxygens (including phenoxy) is 1. The number of halogens is 1. The van der Waals surface area contributed by atoms with E-state index < -0.39 is 5.97 Å². The van der Waals surface area contributed by atoms with Gasteiger partial charge in [-0.1, -0.05) is 72.3 Å². The highest BCUT2D eigenvalue weighted by molar-refractivity contribution is 6.30. The second kappa shape index (κ2) is 10.2. The van der Waals surface area contributed by atoms with Crippen LogP contribution >= 0.6 is 11.6 Å². The fraction of sp³-hybridized carbons (Fsp3) is 0.0968. The van der Waals surface area contributed by atoms with Crippen molar-refractivity contribution in [2.24, 2.45) is 0 Å². The van der Waals surface area contributed by atoms with Gasteiger partial charge in [0.2, 0.25) is 5.78 Å². The van der Waals surface area contributed by atoms with Crippen molar-refractivity contribution in [3.63, 3.8) is 0 Å². The highest BCUT2D eigenvalue weighted by Crippen LogP contribution is 2.36. The third-order valence-electron chi connectivity index (χ3n) is 6.12. The van der Waals surface area contributed by atoms with Crippen LogP contribution in [0.15, 0.2) is 103 Å². The van der Waals surface area contributed by atoms with Gasteiger partial charge in [-0.2, -0.15) is 0 Å². The van der Waals surface area contributed by atoms with Crippen molar-refractivity contribution in [2.45, 2.75) is 13.3 Å². The van der Waals surface area contributed by atoms with E-state index in [0.29, 0.717) is 39.3 Å². The minimum Gasteiger partial charge on any atom is -0.462 e. The number of pyridine rings is 1. The molecule has 178 valence electrons. The summed E-state index contributed by atoms with van der Waals surface area (Å²) in [4.78, 5) is 27.3. The molecule has 5 heteroatoms. The zero-order valence-electron chi connectivity index (χ0n) is 19.8. The summed E-state index contributed by atoms with van der Waals surface area (Å²) in [5.74, 6) is -0.659. The third-order valence-corrected chi connectivity index (χ3v) is 6.37. The van der Waals surface area contributed by atoms with Crippen LogP contribution in [0.2, 0.25) is 5.02 Å². The number of ketones is 1. The summed E-state index contributed by atoms with van der Waals surface area (Å²) < 4.78 is 7.30.